The average molecular weight is 267 g/mol. The maximum Gasteiger partial charge on any atom is 0.306 e. The van der Waals surface area contributed by atoms with Crippen LogP contribution in [-0.4, -0.2) is 23.5 Å². The highest BCUT2D eigenvalue weighted by Gasteiger charge is 2.33. The topological polar surface area (TPSA) is 66.4 Å². The molecular weight excluding hydrogens is 242 g/mol. The molecule has 0 aromatic carbocycles. The summed E-state index contributed by atoms with van der Waals surface area (Å²) in [5.74, 6) is -0.289. The Kier molecular flexibility index (Phi) is 5.23. The molecule has 2 aliphatic carbocycles. The van der Waals surface area contributed by atoms with E-state index in [-0.39, 0.29) is 17.7 Å². The lowest BCUT2D eigenvalue weighted by atomic mass is 9.87. The van der Waals surface area contributed by atoms with Crippen LogP contribution in [-0.2, 0) is 9.59 Å². The lowest BCUT2D eigenvalue weighted by Crippen LogP contribution is -2.31. The highest BCUT2D eigenvalue weighted by molar-refractivity contribution is 5.80. The number of amides is 1. The Balaban J connectivity index is 1.63. The molecule has 1 amide bonds. The first-order valence-electron chi connectivity index (χ1n) is 7.67. The zero-order chi connectivity index (χ0) is 13.7. The Morgan fingerprint density at radius 3 is 2.32 bits per heavy atom. The van der Waals surface area contributed by atoms with E-state index >= 15 is 0 Å². The zero-order valence-electron chi connectivity index (χ0n) is 11.6. The molecule has 2 fully saturated rings. The van der Waals surface area contributed by atoms with E-state index in [2.05, 4.69) is 5.32 Å². The largest absolute Gasteiger partial charge is 0.481 e. The van der Waals surface area contributed by atoms with Gasteiger partial charge in [-0.3, -0.25) is 9.59 Å². The number of hydrogen-bond donors (Lipinski definition) is 2. The van der Waals surface area contributed by atoms with E-state index in [1.807, 2.05) is 0 Å². The van der Waals surface area contributed by atoms with E-state index in [9.17, 15) is 9.59 Å². The van der Waals surface area contributed by atoms with Crippen LogP contribution in [0.15, 0.2) is 0 Å². The summed E-state index contributed by atoms with van der Waals surface area (Å²) in [5, 5.41) is 11.9. The van der Waals surface area contributed by atoms with Crippen molar-refractivity contribution < 1.29 is 14.7 Å². The minimum Gasteiger partial charge on any atom is -0.481 e. The molecule has 108 valence electrons. The van der Waals surface area contributed by atoms with Crippen molar-refractivity contribution in [3.8, 4) is 0 Å². The molecule has 0 radical (unpaired) electrons. The second-order valence-corrected chi connectivity index (χ2v) is 6.13. The molecule has 0 unspecified atom stereocenters. The van der Waals surface area contributed by atoms with Crippen molar-refractivity contribution in [3.63, 3.8) is 0 Å². The fourth-order valence-corrected chi connectivity index (χ4v) is 3.46. The molecule has 2 saturated carbocycles. The minimum atomic E-state index is -0.752. The van der Waals surface area contributed by atoms with Crippen LogP contribution in [0.5, 0.6) is 0 Å². The maximum absolute atomic E-state index is 12.0. The van der Waals surface area contributed by atoms with Crippen molar-refractivity contribution in [2.45, 2.75) is 57.8 Å². The number of hydrogen-bond acceptors (Lipinski definition) is 2. The number of carbonyl (C=O) groups excluding carboxylic acids is 1. The first-order chi connectivity index (χ1) is 9.16. The van der Waals surface area contributed by atoms with E-state index in [0.29, 0.717) is 12.8 Å². The van der Waals surface area contributed by atoms with Crippen molar-refractivity contribution in [3.05, 3.63) is 0 Å². The van der Waals surface area contributed by atoms with Gasteiger partial charge < -0.3 is 10.4 Å². The van der Waals surface area contributed by atoms with Gasteiger partial charge in [0.2, 0.25) is 5.91 Å². The van der Waals surface area contributed by atoms with Gasteiger partial charge in [-0.25, -0.2) is 0 Å². The average Bonchev–Trinajstić information content (AvgIpc) is 2.89. The number of carboxylic acids is 1. The van der Waals surface area contributed by atoms with Gasteiger partial charge in [0.05, 0.1) is 5.92 Å². The smallest absolute Gasteiger partial charge is 0.306 e. The van der Waals surface area contributed by atoms with Crippen LogP contribution in [0.3, 0.4) is 0 Å². The van der Waals surface area contributed by atoms with Crippen LogP contribution in [0.25, 0.3) is 0 Å². The first kappa shape index (κ1) is 14.4. The number of nitrogens with one attached hydrogen (secondary N) is 1. The van der Waals surface area contributed by atoms with E-state index in [1.54, 1.807) is 0 Å². The number of carboxylic acid groups (broad SMARTS) is 1. The lowest BCUT2D eigenvalue weighted by Gasteiger charge is -2.21. The Labute approximate surface area is 115 Å². The second-order valence-electron chi connectivity index (χ2n) is 6.13. The molecule has 2 rings (SSSR count). The molecule has 2 aliphatic rings. The Hall–Kier alpha value is -1.06. The molecule has 2 N–H and O–H groups in total. The molecule has 0 heterocycles. The minimum absolute atomic E-state index is 0.0690. The number of aliphatic carboxylic acids is 1. The zero-order valence-corrected chi connectivity index (χ0v) is 11.6. The third-order valence-corrected chi connectivity index (χ3v) is 4.73. The van der Waals surface area contributed by atoms with Gasteiger partial charge in [-0.05, 0) is 31.6 Å². The molecule has 0 aromatic rings. The van der Waals surface area contributed by atoms with Crippen molar-refractivity contribution in [2.75, 3.05) is 6.54 Å². The molecule has 4 nitrogen and oxygen atoms in total. The van der Waals surface area contributed by atoms with Crippen molar-refractivity contribution in [1.82, 2.24) is 5.32 Å². The lowest BCUT2D eigenvalue weighted by molar-refractivity contribution is -0.141. The standard InChI is InChI=1S/C15H25NO3/c17-14(12-6-7-13(10-12)15(18)19)16-9-8-11-4-2-1-3-5-11/h11-13H,1-10H2,(H,16,17)(H,18,19)/t12-,13+/m0/s1. The van der Waals surface area contributed by atoms with E-state index < -0.39 is 5.97 Å². The summed E-state index contributed by atoms with van der Waals surface area (Å²) in [6.45, 7) is 0.762. The van der Waals surface area contributed by atoms with Crippen LogP contribution >= 0.6 is 0 Å². The fourth-order valence-electron chi connectivity index (χ4n) is 3.46. The SMILES string of the molecule is O=C(O)[C@@H]1CC[C@H](C(=O)NCCC2CCCCC2)C1. The van der Waals surface area contributed by atoms with Crippen LogP contribution in [0.1, 0.15) is 57.8 Å². The molecule has 0 aromatic heterocycles. The number of carbonyl (C=O) groups is 2. The molecule has 2 atom stereocenters. The third kappa shape index (κ3) is 4.22. The quantitative estimate of drug-likeness (QED) is 0.804. The molecule has 4 heteroatoms. The molecule has 0 spiro atoms. The summed E-state index contributed by atoms with van der Waals surface area (Å²) in [4.78, 5) is 22.8. The van der Waals surface area contributed by atoms with Gasteiger partial charge in [-0.15, -0.1) is 0 Å². The third-order valence-electron chi connectivity index (χ3n) is 4.73. The van der Waals surface area contributed by atoms with E-state index in [1.165, 1.54) is 32.1 Å². The molecule has 0 aliphatic heterocycles. The molecule has 19 heavy (non-hydrogen) atoms. The van der Waals surface area contributed by atoms with Crippen LogP contribution in [0.2, 0.25) is 0 Å². The normalized spacial score (nSPS) is 28.2. The fraction of sp³-hybridized carbons (Fsp3) is 0.867. The van der Waals surface area contributed by atoms with Crippen LogP contribution < -0.4 is 5.32 Å². The van der Waals surface area contributed by atoms with E-state index in [0.717, 1.165) is 25.3 Å². The Morgan fingerprint density at radius 1 is 1.00 bits per heavy atom. The van der Waals surface area contributed by atoms with Crippen molar-refractivity contribution >= 4 is 11.9 Å². The monoisotopic (exact) mass is 267 g/mol. The molecule has 0 bridgehead atoms. The Morgan fingerprint density at radius 2 is 1.68 bits per heavy atom. The summed E-state index contributed by atoms with van der Waals surface area (Å²) in [7, 11) is 0. The molecular formula is C15H25NO3. The highest BCUT2D eigenvalue weighted by atomic mass is 16.4. The van der Waals surface area contributed by atoms with Crippen LogP contribution in [0.4, 0.5) is 0 Å². The predicted octanol–water partition coefficient (Wildman–Crippen LogP) is 2.57. The van der Waals surface area contributed by atoms with Gasteiger partial charge in [0.15, 0.2) is 0 Å². The molecule has 0 saturated heterocycles. The summed E-state index contributed by atoms with van der Waals surface area (Å²) in [6.07, 6.45) is 9.62. The number of rotatable bonds is 5. The summed E-state index contributed by atoms with van der Waals surface area (Å²) >= 11 is 0. The van der Waals surface area contributed by atoms with Gasteiger partial charge in [0, 0.05) is 12.5 Å². The van der Waals surface area contributed by atoms with Crippen LogP contribution in [0, 0.1) is 17.8 Å². The predicted molar refractivity (Wildman–Crippen MR) is 72.7 cm³/mol. The Bertz CT molecular complexity index is 323. The van der Waals surface area contributed by atoms with E-state index in [4.69, 9.17) is 5.11 Å². The second kappa shape index (κ2) is 6.92. The van der Waals surface area contributed by atoms with Gasteiger partial charge >= 0.3 is 5.97 Å². The first-order valence-corrected chi connectivity index (χ1v) is 7.67. The summed E-state index contributed by atoms with van der Waals surface area (Å²) < 4.78 is 0. The van der Waals surface area contributed by atoms with Gasteiger partial charge in [-0.2, -0.15) is 0 Å². The highest BCUT2D eigenvalue weighted by Crippen LogP contribution is 2.31. The summed E-state index contributed by atoms with van der Waals surface area (Å²) in [5.41, 5.74) is 0. The van der Waals surface area contributed by atoms with Crippen molar-refractivity contribution in [2.24, 2.45) is 17.8 Å². The van der Waals surface area contributed by atoms with Gasteiger partial charge in [0.1, 0.15) is 0 Å². The van der Waals surface area contributed by atoms with Crippen molar-refractivity contribution in [1.29, 1.82) is 0 Å². The van der Waals surface area contributed by atoms with Gasteiger partial charge in [-0.1, -0.05) is 32.1 Å². The van der Waals surface area contributed by atoms with Gasteiger partial charge in [0.25, 0.3) is 0 Å². The summed E-state index contributed by atoms with van der Waals surface area (Å²) in [6, 6.07) is 0. The maximum atomic E-state index is 12.0.